The predicted molar refractivity (Wildman–Crippen MR) is 66.2 cm³/mol. The number of likely N-dealkylation sites (tertiary alicyclic amines) is 1. The zero-order valence-electron chi connectivity index (χ0n) is 10.1. The van der Waals surface area contributed by atoms with Gasteiger partial charge in [0.1, 0.15) is 6.17 Å². The molecule has 1 aliphatic heterocycles. The quantitative estimate of drug-likeness (QED) is 0.863. The van der Waals surface area contributed by atoms with E-state index in [1.54, 1.807) is 0 Å². The largest absolute Gasteiger partial charge is 0.465 e. The van der Waals surface area contributed by atoms with E-state index in [-0.39, 0.29) is 12.6 Å². The van der Waals surface area contributed by atoms with Crippen LogP contribution in [0.1, 0.15) is 12.0 Å². The van der Waals surface area contributed by atoms with Crippen molar-refractivity contribution >= 4 is 6.09 Å². The van der Waals surface area contributed by atoms with Crippen LogP contribution in [0.4, 0.5) is 9.18 Å². The molecule has 1 aliphatic rings. The third-order valence-corrected chi connectivity index (χ3v) is 3.22. The smallest absolute Gasteiger partial charge is 0.407 e. The normalized spacial score (nSPS) is 23.9. The molecule has 2 N–H and O–H groups in total. The molecular weight excluding hydrogens is 235 g/mol. The Hall–Kier alpha value is -1.62. The molecule has 0 bridgehead atoms. The molecule has 0 aromatic heterocycles. The predicted octanol–water partition coefficient (Wildman–Crippen LogP) is 1.87. The van der Waals surface area contributed by atoms with Crippen molar-refractivity contribution in [2.24, 2.45) is 0 Å². The van der Waals surface area contributed by atoms with Gasteiger partial charge < -0.3 is 15.3 Å². The molecule has 18 heavy (non-hydrogen) atoms. The molecule has 1 saturated heterocycles. The van der Waals surface area contributed by atoms with Gasteiger partial charge in [-0.25, -0.2) is 9.18 Å². The molecule has 98 valence electrons. The molecular formula is C13H17FN2O2. The summed E-state index contributed by atoms with van der Waals surface area (Å²) in [5.41, 5.74) is 1.10. The monoisotopic (exact) mass is 252 g/mol. The van der Waals surface area contributed by atoms with Gasteiger partial charge in [-0.1, -0.05) is 30.3 Å². The van der Waals surface area contributed by atoms with Crippen molar-refractivity contribution in [3.05, 3.63) is 35.9 Å². The van der Waals surface area contributed by atoms with Gasteiger partial charge in [0.25, 0.3) is 0 Å². The number of rotatable bonds is 3. The first-order valence-electron chi connectivity index (χ1n) is 6.06. The molecule has 1 amide bonds. The van der Waals surface area contributed by atoms with Crippen LogP contribution in [0.15, 0.2) is 30.3 Å². The van der Waals surface area contributed by atoms with Crippen LogP contribution in [0, 0.1) is 0 Å². The highest BCUT2D eigenvalue weighted by molar-refractivity contribution is 5.65. The minimum absolute atomic E-state index is 0.0399. The molecule has 0 unspecified atom stereocenters. The second kappa shape index (κ2) is 5.82. The number of nitrogens with one attached hydrogen (secondary N) is 1. The molecule has 1 heterocycles. The number of benzene rings is 1. The number of amides is 1. The highest BCUT2D eigenvalue weighted by Crippen LogP contribution is 2.15. The SMILES string of the molecule is O=C(O)N1CC[C@@H](NCc2ccccc2)[C@@H](F)C1. The van der Waals surface area contributed by atoms with E-state index in [2.05, 4.69) is 5.32 Å². The summed E-state index contributed by atoms with van der Waals surface area (Å²) < 4.78 is 13.8. The summed E-state index contributed by atoms with van der Waals surface area (Å²) in [6.07, 6.45) is -1.67. The number of hydrogen-bond acceptors (Lipinski definition) is 2. The Kier molecular flexibility index (Phi) is 4.15. The van der Waals surface area contributed by atoms with Crippen molar-refractivity contribution < 1.29 is 14.3 Å². The van der Waals surface area contributed by atoms with Crippen molar-refractivity contribution in [1.82, 2.24) is 10.2 Å². The average Bonchev–Trinajstić information content (AvgIpc) is 2.38. The summed E-state index contributed by atoms with van der Waals surface area (Å²) in [7, 11) is 0. The van der Waals surface area contributed by atoms with Crippen LogP contribution in [0.25, 0.3) is 0 Å². The van der Waals surface area contributed by atoms with E-state index in [9.17, 15) is 9.18 Å². The molecule has 0 radical (unpaired) electrons. The van der Waals surface area contributed by atoms with Gasteiger partial charge in [-0.2, -0.15) is 0 Å². The van der Waals surface area contributed by atoms with Crippen molar-refractivity contribution in [1.29, 1.82) is 0 Å². The zero-order valence-corrected chi connectivity index (χ0v) is 10.1. The Balaban J connectivity index is 1.83. The van der Waals surface area contributed by atoms with Gasteiger partial charge in [0, 0.05) is 19.1 Å². The molecule has 2 rings (SSSR count). The summed E-state index contributed by atoms with van der Waals surface area (Å²) in [6.45, 7) is 0.961. The van der Waals surface area contributed by atoms with Crippen LogP contribution >= 0.6 is 0 Å². The van der Waals surface area contributed by atoms with Gasteiger partial charge in [0.15, 0.2) is 0 Å². The Morgan fingerprint density at radius 1 is 1.44 bits per heavy atom. The van der Waals surface area contributed by atoms with E-state index in [1.807, 2.05) is 30.3 Å². The van der Waals surface area contributed by atoms with Gasteiger partial charge in [-0.3, -0.25) is 0 Å². The van der Waals surface area contributed by atoms with Crippen LogP contribution in [-0.4, -0.2) is 41.4 Å². The third kappa shape index (κ3) is 3.20. The van der Waals surface area contributed by atoms with Crippen molar-refractivity contribution in [2.75, 3.05) is 13.1 Å². The van der Waals surface area contributed by atoms with Crippen LogP contribution in [-0.2, 0) is 6.54 Å². The van der Waals surface area contributed by atoms with E-state index in [0.717, 1.165) is 10.5 Å². The van der Waals surface area contributed by atoms with Crippen LogP contribution in [0.2, 0.25) is 0 Å². The summed E-state index contributed by atoms with van der Waals surface area (Å²) in [6, 6.07) is 9.51. The highest BCUT2D eigenvalue weighted by Gasteiger charge is 2.30. The van der Waals surface area contributed by atoms with E-state index >= 15 is 0 Å². The number of carboxylic acid groups (broad SMARTS) is 1. The Morgan fingerprint density at radius 3 is 2.78 bits per heavy atom. The van der Waals surface area contributed by atoms with Crippen molar-refractivity contribution in [3.63, 3.8) is 0 Å². The molecule has 1 aromatic rings. The van der Waals surface area contributed by atoms with E-state index in [1.165, 1.54) is 0 Å². The summed E-state index contributed by atoms with van der Waals surface area (Å²) in [5, 5.41) is 11.9. The first kappa shape index (κ1) is 12.8. The highest BCUT2D eigenvalue weighted by atomic mass is 19.1. The number of hydrogen-bond donors (Lipinski definition) is 2. The first-order chi connectivity index (χ1) is 8.66. The van der Waals surface area contributed by atoms with E-state index in [4.69, 9.17) is 5.11 Å². The second-order valence-corrected chi connectivity index (χ2v) is 4.51. The molecule has 1 aromatic carbocycles. The number of nitrogens with zero attached hydrogens (tertiary/aromatic N) is 1. The van der Waals surface area contributed by atoms with Gasteiger partial charge in [0.2, 0.25) is 0 Å². The lowest BCUT2D eigenvalue weighted by molar-refractivity contribution is 0.0881. The lowest BCUT2D eigenvalue weighted by Gasteiger charge is -2.33. The summed E-state index contributed by atoms with van der Waals surface area (Å²) in [5.74, 6) is 0. The standard InChI is InChI=1S/C13H17FN2O2/c14-11-9-16(13(17)18)7-6-12(11)15-8-10-4-2-1-3-5-10/h1-5,11-12,15H,6-9H2,(H,17,18)/t11-,12+/m0/s1. The Labute approximate surface area is 105 Å². The lowest BCUT2D eigenvalue weighted by Crippen LogP contribution is -2.51. The molecule has 2 atom stereocenters. The van der Waals surface area contributed by atoms with E-state index in [0.29, 0.717) is 19.5 Å². The van der Waals surface area contributed by atoms with Crippen LogP contribution < -0.4 is 5.32 Å². The van der Waals surface area contributed by atoms with Crippen LogP contribution in [0.3, 0.4) is 0 Å². The number of carbonyl (C=O) groups is 1. The van der Waals surface area contributed by atoms with Gasteiger partial charge in [0.05, 0.1) is 6.54 Å². The Bertz CT molecular complexity index is 399. The Morgan fingerprint density at radius 2 is 2.17 bits per heavy atom. The number of piperidine rings is 1. The number of alkyl halides is 1. The van der Waals surface area contributed by atoms with Crippen LogP contribution in [0.5, 0.6) is 0 Å². The maximum Gasteiger partial charge on any atom is 0.407 e. The fourth-order valence-corrected chi connectivity index (χ4v) is 2.15. The summed E-state index contributed by atoms with van der Waals surface area (Å²) >= 11 is 0. The zero-order chi connectivity index (χ0) is 13.0. The molecule has 1 fully saturated rings. The van der Waals surface area contributed by atoms with E-state index < -0.39 is 12.3 Å². The lowest BCUT2D eigenvalue weighted by atomic mass is 10.0. The summed E-state index contributed by atoms with van der Waals surface area (Å²) in [4.78, 5) is 11.9. The molecule has 0 spiro atoms. The average molecular weight is 252 g/mol. The minimum atomic E-state index is -1.14. The fraction of sp³-hybridized carbons (Fsp3) is 0.462. The maximum atomic E-state index is 13.8. The molecule has 5 heteroatoms. The third-order valence-electron chi connectivity index (χ3n) is 3.22. The van der Waals surface area contributed by atoms with Gasteiger partial charge in [-0.05, 0) is 12.0 Å². The first-order valence-corrected chi connectivity index (χ1v) is 6.06. The number of halogens is 1. The van der Waals surface area contributed by atoms with Crippen molar-refractivity contribution in [2.45, 2.75) is 25.2 Å². The second-order valence-electron chi connectivity index (χ2n) is 4.51. The van der Waals surface area contributed by atoms with Gasteiger partial charge >= 0.3 is 6.09 Å². The molecule has 0 aliphatic carbocycles. The molecule has 4 nitrogen and oxygen atoms in total. The minimum Gasteiger partial charge on any atom is -0.465 e. The maximum absolute atomic E-state index is 13.8. The van der Waals surface area contributed by atoms with Gasteiger partial charge in [-0.15, -0.1) is 0 Å². The fourth-order valence-electron chi connectivity index (χ4n) is 2.15. The van der Waals surface area contributed by atoms with Crippen molar-refractivity contribution in [3.8, 4) is 0 Å². The topological polar surface area (TPSA) is 52.6 Å². The molecule has 0 saturated carbocycles.